The SMILES string of the molecule is CC(C)/C(=C(/N=Cc1ccc(F)cc1)C(=O)OCc1ccccc1)N(C)CCC1CC(CC(=O)OC(C)(C)C)OC(C)(C)O1. The lowest BCUT2D eigenvalue weighted by Crippen LogP contribution is -2.46. The van der Waals surface area contributed by atoms with E-state index in [1.54, 1.807) is 18.3 Å². The standard InChI is InChI=1S/C35H47FN2O6/c1-24(2)32(38(8)19-18-28-20-29(43-35(6,7)42-28)21-30(39)44-34(3,4)5)31(37-22-25-14-16-27(36)17-15-25)33(40)41-23-26-12-10-9-11-13-26/h9-17,22,24,28-29H,18-21,23H2,1-8H3/b32-31-,37-22?. The second kappa shape index (κ2) is 15.4. The molecular formula is C35H47FN2O6. The molecule has 9 heteroatoms. The maximum Gasteiger partial charge on any atom is 0.359 e. The second-order valence-corrected chi connectivity index (χ2v) is 12.9. The first kappa shape index (κ1) is 34.9. The van der Waals surface area contributed by atoms with Gasteiger partial charge in [0.15, 0.2) is 11.5 Å². The Balaban J connectivity index is 1.80. The van der Waals surface area contributed by atoms with Gasteiger partial charge in [-0.2, -0.15) is 0 Å². The Kier molecular flexibility index (Phi) is 12.3. The van der Waals surface area contributed by atoms with Crippen LogP contribution in [0.4, 0.5) is 4.39 Å². The van der Waals surface area contributed by atoms with Crippen molar-refractivity contribution >= 4 is 18.2 Å². The molecule has 0 spiro atoms. The highest BCUT2D eigenvalue weighted by atomic mass is 19.1. The van der Waals surface area contributed by atoms with Gasteiger partial charge in [-0.15, -0.1) is 0 Å². The Morgan fingerprint density at radius 2 is 1.70 bits per heavy atom. The number of ether oxygens (including phenoxy) is 4. The molecule has 0 aromatic heterocycles. The molecule has 1 aliphatic heterocycles. The van der Waals surface area contributed by atoms with Crippen LogP contribution in [-0.2, 0) is 35.1 Å². The molecule has 1 aliphatic rings. The van der Waals surface area contributed by atoms with Crippen LogP contribution in [0.3, 0.4) is 0 Å². The Bertz CT molecular complexity index is 1300. The molecule has 0 N–H and O–H groups in total. The Morgan fingerprint density at radius 1 is 1.07 bits per heavy atom. The van der Waals surface area contributed by atoms with Gasteiger partial charge in [-0.3, -0.25) is 4.79 Å². The van der Waals surface area contributed by atoms with Gasteiger partial charge in [0.1, 0.15) is 18.0 Å². The zero-order valence-electron chi connectivity index (χ0n) is 27.3. The van der Waals surface area contributed by atoms with Gasteiger partial charge in [0.05, 0.1) is 18.6 Å². The first-order valence-corrected chi connectivity index (χ1v) is 15.2. The largest absolute Gasteiger partial charge is 0.460 e. The van der Waals surface area contributed by atoms with Crippen LogP contribution >= 0.6 is 0 Å². The van der Waals surface area contributed by atoms with E-state index in [2.05, 4.69) is 4.99 Å². The van der Waals surface area contributed by atoms with E-state index in [0.717, 1.165) is 5.56 Å². The van der Waals surface area contributed by atoms with E-state index in [0.29, 0.717) is 30.6 Å². The number of rotatable bonds is 12. The van der Waals surface area contributed by atoms with Crippen LogP contribution in [0.2, 0.25) is 0 Å². The number of carbonyl (C=O) groups is 2. The summed E-state index contributed by atoms with van der Waals surface area (Å²) in [5.74, 6) is -2.15. The molecule has 3 rings (SSSR count). The van der Waals surface area contributed by atoms with E-state index in [4.69, 9.17) is 18.9 Å². The van der Waals surface area contributed by atoms with Crippen LogP contribution in [-0.4, -0.2) is 60.2 Å². The lowest BCUT2D eigenvalue weighted by molar-refractivity contribution is -0.300. The smallest absolute Gasteiger partial charge is 0.359 e. The molecule has 2 unspecified atom stereocenters. The topological polar surface area (TPSA) is 86.7 Å². The molecule has 0 aliphatic carbocycles. The highest BCUT2D eigenvalue weighted by molar-refractivity contribution is 5.93. The van der Waals surface area contributed by atoms with Crippen molar-refractivity contribution in [3.63, 3.8) is 0 Å². The zero-order valence-corrected chi connectivity index (χ0v) is 27.3. The van der Waals surface area contributed by atoms with E-state index in [1.807, 2.05) is 90.7 Å². The minimum absolute atomic E-state index is 0.0726. The summed E-state index contributed by atoms with van der Waals surface area (Å²) in [6.45, 7) is 13.9. The minimum atomic E-state index is -0.864. The van der Waals surface area contributed by atoms with Crippen LogP contribution in [0.15, 0.2) is 71.0 Å². The molecule has 240 valence electrons. The molecule has 0 saturated carbocycles. The average molecular weight is 611 g/mol. The maximum atomic E-state index is 13.5. The number of halogens is 1. The molecule has 2 aromatic carbocycles. The summed E-state index contributed by atoms with van der Waals surface area (Å²) in [6, 6.07) is 15.3. The summed E-state index contributed by atoms with van der Waals surface area (Å²) in [4.78, 5) is 32.6. The first-order chi connectivity index (χ1) is 20.6. The van der Waals surface area contributed by atoms with Crippen molar-refractivity contribution in [2.45, 2.75) is 97.9 Å². The lowest BCUT2D eigenvalue weighted by atomic mass is 10.0. The third-order valence-electron chi connectivity index (χ3n) is 6.85. The van der Waals surface area contributed by atoms with Crippen molar-refractivity contribution in [3.05, 3.63) is 82.9 Å². The minimum Gasteiger partial charge on any atom is -0.460 e. The number of aliphatic imine (C=N–C) groups is 1. The average Bonchev–Trinajstić information content (AvgIpc) is 2.92. The molecule has 8 nitrogen and oxygen atoms in total. The summed E-state index contributed by atoms with van der Waals surface area (Å²) < 4.78 is 37.0. The normalized spacial score (nSPS) is 19.0. The van der Waals surface area contributed by atoms with Crippen LogP contribution in [0.25, 0.3) is 0 Å². The number of allylic oxidation sites excluding steroid dienone is 1. The highest BCUT2D eigenvalue weighted by Gasteiger charge is 2.37. The first-order valence-electron chi connectivity index (χ1n) is 15.2. The summed E-state index contributed by atoms with van der Waals surface area (Å²) in [7, 11) is 1.91. The number of hydrogen-bond acceptors (Lipinski definition) is 8. The van der Waals surface area contributed by atoms with E-state index in [9.17, 15) is 14.0 Å². The molecule has 2 atom stereocenters. The number of carbonyl (C=O) groups excluding carboxylic acids is 2. The summed E-state index contributed by atoms with van der Waals surface area (Å²) in [5, 5.41) is 0. The number of nitrogens with zero attached hydrogens (tertiary/aromatic N) is 2. The van der Waals surface area contributed by atoms with Crippen LogP contribution < -0.4 is 0 Å². The molecule has 1 heterocycles. The van der Waals surface area contributed by atoms with Crippen molar-refractivity contribution in [3.8, 4) is 0 Å². The summed E-state index contributed by atoms with van der Waals surface area (Å²) in [5.41, 5.74) is 1.83. The van der Waals surface area contributed by atoms with Crippen LogP contribution in [0, 0.1) is 11.7 Å². The molecule has 0 bridgehead atoms. The second-order valence-electron chi connectivity index (χ2n) is 12.9. The Hall–Kier alpha value is -3.56. The molecule has 2 aromatic rings. The summed E-state index contributed by atoms with van der Waals surface area (Å²) in [6.07, 6.45) is 2.32. The van der Waals surface area contributed by atoms with Gasteiger partial charge in [0, 0.05) is 31.9 Å². The van der Waals surface area contributed by atoms with Gasteiger partial charge >= 0.3 is 11.9 Å². The highest BCUT2D eigenvalue weighted by Crippen LogP contribution is 2.31. The third kappa shape index (κ3) is 11.5. The van der Waals surface area contributed by atoms with Gasteiger partial charge in [0.2, 0.25) is 0 Å². The molecule has 44 heavy (non-hydrogen) atoms. The van der Waals surface area contributed by atoms with Crippen LogP contribution in [0.5, 0.6) is 0 Å². The van der Waals surface area contributed by atoms with E-state index >= 15 is 0 Å². The van der Waals surface area contributed by atoms with E-state index in [1.165, 1.54) is 12.1 Å². The molecule has 1 fully saturated rings. The third-order valence-corrected chi connectivity index (χ3v) is 6.85. The number of benzene rings is 2. The van der Waals surface area contributed by atoms with Gasteiger partial charge < -0.3 is 23.8 Å². The molecular weight excluding hydrogens is 563 g/mol. The lowest BCUT2D eigenvalue weighted by Gasteiger charge is -2.41. The van der Waals surface area contributed by atoms with Crippen molar-refractivity contribution in [1.29, 1.82) is 0 Å². The van der Waals surface area contributed by atoms with E-state index < -0.39 is 17.4 Å². The molecule has 0 radical (unpaired) electrons. The number of esters is 2. The van der Waals surface area contributed by atoms with Crippen LogP contribution in [0.1, 0.15) is 78.9 Å². The van der Waals surface area contributed by atoms with E-state index in [-0.39, 0.29) is 48.6 Å². The van der Waals surface area contributed by atoms with Gasteiger partial charge in [-0.25, -0.2) is 14.2 Å². The Morgan fingerprint density at radius 3 is 2.32 bits per heavy atom. The van der Waals surface area contributed by atoms with Crippen molar-refractivity contribution < 1.29 is 32.9 Å². The quantitative estimate of drug-likeness (QED) is 0.148. The maximum absolute atomic E-state index is 13.5. The van der Waals surface area contributed by atoms with Gasteiger partial charge in [0.25, 0.3) is 0 Å². The zero-order chi connectivity index (χ0) is 32.5. The molecule has 1 saturated heterocycles. The fourth-order valence-corrected chi connectivity index (χ4v) is 5.15. The van der Waals surface area contributed by atoms with Crippen molar-refractivity contribution in [2.75, 3.05) is 13.6 Å². The van der Waals surface area contributed by atoms with Crippen molar-refractivity contribution in [1.82, 2.24) is 4.90 Å². The monoisotopic (exact) mass is 610 g/mol. The predicted octanol–water partition coefficient (Wildman–Crippen LogP) is 6.82. The van der Waals surface area contributed by atoms with Gasteiger partial charge in [-0.05, 0) is 70.2 Å². The molecule has 0 amide bonds. The fourth-order valence-electron chi connectivity index (χ4n) is 5.15. The predicted molar refractivity (Wildman–Crippen MR) is 168 cm³/mol. The Labute approximate surface area is 261 Å². The number of hydrogen-bond donors (Lipinski definition) is 0. The fraction of sp³-hybridized carbons (Fsp3) is 0.514. The van der Waals surface area contributed by atoms with Gasteiger partial charge in [-0.1, -0.05) is 56.3 Å². The van der Waals surface area contributed by atoms with Crippen molar-refractivity contribution in [2.24, 2.45) is 10.9 Å². The summed E-state index contributed by atoms with van der Waals surface area (Å²) >= 11 is 0.